The summed E-state index contributed by atoms with van der Waals surface area (Å²) in [5.74, 6) is -2.10. The minimum Gasteiger partial charge on any atom is -0.504 e. The van der Waals surface area contributed by atoms with Gasteiger partial charge in [0.05, 0.1) is 21.8 Å². The fraction of sp³-hybridized carbons (Fsp3) is 0.133. The Bertz CT molecular complexity index is 982. The minimum absolute atomic E-state index is 0.00711. The van der Waals surface area contributed by atoms with Gasteiger partial charge in [-0.05, 0) is 18.1 Å². The second kappa shape index (κ2) is 5.54. The molecule has 4 N–H and O–H groups in total. The van der Waals surface area contributed by atoms with Crippen LogP contribution in [0, 0.1) is 0 Å². The van der Waals surface area contributed by atoms with Gasteiger partial charge in [0, 0.05) is 11.1 Å². The number of aromatic nitrogens is 1. The lowest BCUT2D eigenvalue weighted by atomic mass is 10.1. The lowest BCUT2D eigenvalue weighted by Gasteiger charge is -2.16. The summed E-state index contributed by atoms with van der Waals surface area (Å²) in [6, 6.07) is 2.31. The number of carbonyl (C=O) groups excluding carboxylic acids is 2. The molecular formula is C15H11Cl2N3O4. The van der Waals surface area contributed by atoms with Crippen molar-refractivity contribution in [3.05, 3.63) is 49.2 Å². The average Bonchev–Trinajstić information content (AvgIpc) is 2.79. The molecule has 2 amide bonds. The molecule has 0 spiro atoms. The van der Waals surface area contributed by atoms with Gasteiger partial charge in [-0.25, -0.2) is 0 Å². The van der Waals surface area contributed by atoms with Gasteiger partial charge in [-0.3, -0.25) is 24.3 Å². The molecule has 0 unspecified atom stereocenters. The van der Waals surface area contributed by atoms with Crippen molar-refractivity contribution in [1.29, 1.82) is 0 Å². The maximum atomic E-state index is 12.4. The van der Waals surface area contributed by atoms with Crippen LogP contribution in [0.2, 0.25) is 10.0 Å². The molecule has 0 aliphatic carbocycles. The Morgan fingerprint density at radius 3 is 2.50 bits per heavy atom. The molecule has 0 saturated carbocycles. The Labute approximate surface area is 145 Å². The maximum Gasteiger partial charge on any atom is 0.262 e. The first-order chi connectivity index (χ1) is 11.3. The van der Waals surface area contributed by atoms with Crippen LogP contribution >= 0.6 is 23.2 Å². The Hall–Kier alpha value is -2.51. The van der Waals surface area contributed by atoms with Crippen LogP contribution in [0.4, 0.5) is 5.82 Å². The monoisotopic (exact) mass is 367 g/mol. The van der Waals surface area contributed by atoms with Crippen LogP contribution in [0.5, 0.6) is 5.75 Å². The van der Waals surface area contributed by atoms with Gasteiger partial charge >= 0.3 is 0 Å². The van der Waals surface area contributed by atoms with E-state index in [4.69, 9.17) is 28.9 Å². The van der Waals surface area contributed by atoms with Gasteiger partial charge in [0.1, 0.15) is 5.82 Å². The smallest absolute Gasteiger partial charge is 0.262 e. The number of amides is 2. The molecular weight excluding hydrogens is 357 g/mol. The number of anilines is 1. The van der Waals surface area contributed by atoms with E-state index in [-0.39, 0.29) is 32.7 Å². The number of hydrogen-bond donors (Lipinski definition) is 3. The summed E-state index contributed by atoms with van der Waals surface area (Å²) in [4.78, 5) is 35.9. The number of nitrogens with zero attached hydrogens (tertiary/aromatic N) is 1. The Morgan fingerprint density at radius 1 is 1.21 bits per heavy atom. The van der Waals surface area contributed by atoms with Crippen molar-refractivity contribution in [1.82, 2.24) is 9.88 Å². The number of phenols is 1. The first-order valence-corrected chi connectivity index (χ1v) is 7.64. The topological polar surface area (TPSA) is 114 Å². The zero-order valence-corrected chi connectivity index (χ0v) is 13.8. The number of nitrogens with one attached hydrogen (secondary N) is 1. The molecule has 1 aliphatic rings. The van der Waals surface area contributed by atoms with E-state index >= 15 is 0 Å². The van der Waals surface area contributed by atoms with Gasteiger partial charge in [-0.15, -0.1) is 0 Å². The molecule has 0 bridgehead atoms. The fourth-order valence-electron chi connectivity index (χ4n) is 2.66. The maximum absolute atomic E-state index is 12.4. The average molecular weight is 368 g/mol. The van der Waals surface area contributed by atoms with Crippen LogP contribution in [0.15, 0.2) is 16.9 Å². The summed E-state index contributed by atoms with van der Waals surface area (Å²) in [5, 5.41) is 12.6. The summed E-state index contributed by atoms with van der Waals surface area (Å²) in [7, 11) is 0. The number of phenolic OH excluding ortho intramolecular Hbond substituents is 1. The summed E-state index contributed by atoms with van der Waals surface area (Å²) < 4.78 is 0.892. The highest BCUT2D eigenvalue weighted by molar-refractivity contribution is 6.37. The third-order valence-corrected chi connectivity index (χ3v) is 4.56. The van der Waals surface area contributed by atoms with E-state index in [1.807, 2.05) is 0 Å². The van der Waals surface area contributed by atoms with E-state index in [2.05, 4.69) is 5.32 Å². The number of benzene rings is 1. The molecule has 2 heterocycles. The van der Waals surface area contributed by atoms with Gasteiger partial charge in [0.2, 0.25) is 0 Å². The molecule has 0 atom stereocenters. The largest absolute Gasteiger partial charge is 0.504 e. The number of nitrogens with two attached hydrogens (primary N) is 1. The molecule has 2 aromatic rings. The Balaban J connectivity index is 2.38. The molecule has 0 saturated heterocycles. The number of aromatic hydroxyl groups is 1. The van der Waals surface area contributed by atoms with Gasteiger partial charge in [-0.2, -0.15) is 0 Å². The van der Waals surface area contributed by atoms with Crippen molar-refractivity contribution in [3.63, 3.8) is 0 Å². The van der Waals surface area contributed by atoms with Crippen LogP contribution in [0.25, 0.3) is 5.69 Å². The lowest BCUT2D eigenvalue weighted by molar-refractivity contribution is 0.0880. The first-order valence-electron chi connectivity index (χ1n) is 6.89. The van der Waals surface area contributed by atoms with Crippen LogP contribution in [0.1, 0.15) is 33.2 Å². The van der Waals surface area contributed by atoms with Crippen molar-refractivity contribution < 1.29 is 14.7 Å². The van der Waals surface area contributed by atoms with E-state index in [1.165, 1.54) is 6.07 Å². The van der Waals surface area contributed by atoms with E-state index in [1.54, 1.807) is 6.92 Å². The van der Waals surface area contributed by atoms with Crippen molar-refractivity contribution in [2.45, 2.75) is 13.3 Å². The van der Waals surface area contributed by atoms with E-state index in [0.717, 1.165) is 10.6 Å². The van der Waals surface area contributed by atoms with E-state index < -0.39 is 23.1 Å². The van der Waals surface area contributed by atoms with Crippen LogP contribution in [-0.2, 0) is 6.42 Å². The number of nitrogen functional groups attached to an aromatic ring is 1. The van der Waals surface area contributed by atoms with Crippen LogP contribution < -0.4 is 16.6 Å². The van der Waals surface area contributed by atoms with Crippen LogP contribution in [-0.4, -0.2) is 21.5 Å². The Kier molecular flexibility index (Phi) is 3.77. The molecule has 0 radical (unpaired) electrons. The highest BCUT2D eigenvalue weighted by Gasteiger charge is 2.32. The highest BCUT2D eigenvalue weighted by Crippen LogP contribution is 2.39. The lowest BCUT2D eigenvalue weighted by Crippen LogP contribution is -2.24. The fourth-order valence-corrected chi connectivity index (χ4v) is 3.37. The van der Waals surface area contributed by atoms with Crippen LogP contribution in [0.3, 0.4) is 0 Å². The SMILES string of the molecule is CCc1c(Cl)cc(-n2c(N)c3c(cc2=O)C(=O)NC3=O)c(O)c1Cl. The van der Waals surface area contributed by atoms with Crippen molar-refractivity contribution in [2.24, 2.45) is 0 Å². The zero-order valence-electron chi connectivity index (χ0n) is 12.3. The quantitative estimate of drug-likeness (QED) is 0.701. The predicted octanol–water partition coefficient (Wildman–Crippen LogP) is 1.88. The molecule has 3 rings (SSSR count). The highest BCUT2D eigenvalue weighted by atomic mass is 35.5. The zero-order chi connectivity index (χ0) is 17.8. The number of imide groups is 1. The van der Waals surface area contributed by atoms with Gasteiger partial charge < -0.3 is 10.8 Å². The van der Waals surface area contributed by atoms with E-state index in [9.17, 15) is 19.5 Å². The summed E-state index contributed by atoms with van der Waals surface area (Å²) in [6.45, 7) is 1.80. The molecule has 9 heteroatoms. The third kappa shape index (κ3) is 2.16. The molecule has 1 aromatic heterocycles. The minimum atomic E-state index is -0.719. The van der Waals surface area contributed by atoms with Gasteiger partial charge in [0.25, 0.3) is 17.4 Å². The summed E-state index contributed by atoms with van der Waals surface area (Å²) in [6.07, 6.45) is 0.469. The number of carbonyl (C=O) groups is 2. The molecule has 0 fully saturated rings. The molecule has 1 aliphatic heterocycles. The van der Waals surface area contributed by atoms with Gasteiger partial charge in [0.15, 0.2) is 5.75 Å². The predicted molar refractivity (Wildman–Crippen MR) is 89.3 cm³/mol. The van der Waals surface area contributed by atoms with Crippen molar-refractivity contribution >= 4 is 40.8 Å². The molecule has 124 valence electrons. The number of fused-ring (bicyclic) bond motifs is 1. The Morgan fingerprint density at radius 2 is 1.88 bits per heavy atom. The second-order valence-corrected chi connectivity index (χ2v) is 5.93. The second-order valence-electron chi connectivity index (χ2n) is 5.15. The molecule has 1 aromatic carbocycles. The summed E-state index contributed by atoms with van der Waals surface area (Å²) >= 11 is 12.2. The normalized spacial score (nSPS) is 13.1. The summed E-state index contributed by atoms with van der Waals surface area (Å²) in [5.41, 5.74) is 5.41. The van der Waals surface area contributed by atoms with Crippen molar-refractivity contribution in [2.75, 3.05) is 5.73 Å². The number of hydrogen-bond acceptors (Lipinski definition) is 5. The third-order valence-electron chi connectivity index (χ3n) is 3.81. The molecule has 24 heavy (non-hydrogen) atoms. The van der Waals surface area contributed by atoms with E-state index in [0.29, 0.717) is 12.0 Å². The van der Waals surface area contributed by atoms with Crippen molar-refractivity contribution in [3.8, 4) is 11.4 Å². The number of rotatable bonds is 2. The van der Waals surface area contributed by atoms with Gasteiger partial charge in [-0.1, -0.05) is 30.1 Å². The number of halogens is 2. The molecule has 7 nitrogen and oxygen atoms in total. The standard InChI is InChI=1S/C15H11Cl2N3O4/c1-2-5-7(16)4-8(12(22)11(5)17)20-9(21)3-6-10(13(20)18)15(24)19-14(6)23/h3-4,22H,2,18H2,1H3,(H,19,23,24). The first kappa shape index (κ1) is 16.4. The number of pyridine rings is 1.